The molecule has 2 aromatic rings. The summed E-state index contributed by atoms with van der Waals surface area (Å²) in [4.78, 5) is 3.77. The first-order chi connectivity index (χ1) is 8.88. The number of sulfonamides is 1. The third-order valence-electron chi connectivity index (χ3n) is 2.24. The molecule has 100 valence electrons. The summed E-state index contributed by atoms with van der Waals surface area (Å²) in [5.41, 5.74) is 5.77. The first kappa shape index (κ1) is 14.1. The highest BCUT2D eigenvalue weighted by atomic mass is 79.9. The number of nitrogens with zero attached hydrogens (tertiary/aromatic N) is 1. The van der Waals surface area contributed by atoms with Crippen molar-refractivity contribution < 1.29 is 8.42 Å². The molecule has 19 heavy (non-hydrogen) atoms. The number of rotatable bonds is 3. The molecule has 0 aliphatic carbocycles. The van der Waals surface area contributed by atoms with Crippen LogP contribution in [0.5, 0.6) is 0 Å². The van der Waals surface area contributed by atoms with Gasteiger partial charge >= 0.3 is 0 Å². The van der Waals surface area contributed by atoms with Crippen molar-refractivity contribution in [1.29, 1.82) is 0 Å². The Labute approximate surface area is 124 Å². The van der Waals surface area contributed by atoms with Crippen LogP contribution in [0, 0.1) is 0 Å². The highest BCUT2D eigenvalue weighted by Crippen LogP contribution is 2.28. The van der Waals surface area contributed by atoms with E-state index in [0.717, 1.165) is 0 Å². The number of pyridine rings is 1. The van der Waals surface area contributed by atoms with Gasteiger partial charge in [0.1, 0.15) is 10.7 Å². The number of nitrogen functional groups attached to an aromatic ring is 1. The van der Waals surface area contributed by atoms with Crippen LogP contribution in [0.1, 0.15) is 0 Å². The lowest BCUT2D eigenvalue weighted by molar-refractivity contribution is 0.601. The molecule has 1 aromatic carbocycles. The van der Waals surface area contributed by atoms with E-state index in [1.165, 1.54) is 24.4 Å². The van der Waals surface area contributed by atoms with Gasteiger partial charge in [-0.15, -0.1) is 0 Å². The molecule has 0 atom stereocenters. The number of anilines is 2. The number of hydrogen-bond acceptors (Lipinski definition) is 4. The van der Waals surface area contributed by atoms with Crippen LogP contribution >= 0.6 is 27.5 Å². The predicted molar refractivity (Wildman–Crippen MR) is 78.6 cm³/mol. The second kappa shape index (κ2) is 5.36. The third-order valence-corrected chi connectivity index (χ3v) is 4.52. The van der Waals surface area contributed by atoms with Gasteiger partial charge in [0.25, 0.3) is 10.0 Å². The highest BCUT2D eigenvalue weighted by Gasteiger charge is 2.16. The zero-order valence-electron chi connectivity index (χ0n) is 9.47. The first-order valence-electron chi connectivity index (χ1n) is 5.08. The molecular weight excluding hydrogens is 354 g/mol. The van der Waals surface area contributed by atoms with Gasteiger partial charge in [-0.05, 0) is 46.3 Å². The Kier molecular flexibility index (Phi) is 3.98. The molecule has 8 heteroatoms. The maximum Gasteiger partial charge on any atom is 0.263 e. The number of halogens is 2. The molecule has 0 bridgehead atoms. The molecule has 0 spiro atoms. The van der Waals surface area contributed by atoms with Crippen LogP contribution < -0.4 is 10.5 Å². The van der Waals surface area contributed by atoms with Crippen LogP contribution in [0.3, 0.4) is 0 Å². The quantitative estimate of drug-likeness (QED) is 0.879. The van der Waals surface area contributed by atoms with E-state index in [1.54, 1.807) is 12.1 Å². The molecule has 0 saturated heterocycles. The minimum atomic E-state index is -3.73. The third kappa shape index (κ3) is 3.37. The van der Waals surface area contributed by atoms with Gasteiger partial charge < -0.3 is 5.73 Å². The molecule has 3 N–H and O–H groups in total. The van der Waals surface area contributed by atoms with E-state index in [1.807, 2.05) is 0 Å². The molecule has 0 radical (unpaired) electrons. The van der Waals surface area contributed by atoms with E-state index < -0.39 is 10.0 Å². The van der Waals surface area contributed by atoms with Gasteiger partial charge in [-0.1, -0.05) is 11.6 Å². The lowest BCUT2D eigenvalue weighted by Gasteiger charge is -2.10. The van der Waals surface area contributed by atoms with Crippen molar-refractivity contribution in [2.24, 2.45) is 0 Å². The number of benzene rings is 1. The molecule has 0 fully saturated rings. The second-order valence-electron chi connectivity index (χ2n) is 3.65. The Morgan fingerprint density at radius 1 is 1.26 bits per heavy atom. The van der Waals surface area contributed by atoms with Gasteiger partial charge in [0.05, 0.1) is 5.69 Å². The molecule has 1 heterocycles. The van der Waals surface area contributed by atoms with Crippen molar-refractivity contribution in [1.82, 2.24) is 4.98 Å². The van der Waals surface area contributed by atoms with Crippen LogP contribution in [0.15, 0.2) is 45.9 Å². The van der Waals surface area contributed by atoms with Crippen molar-refractivity contribution >= 4 is 49.1 Å². The van der Waals surface area contributed by atoms with Gasteiger partial charge in [-0.3, -0.25) is 4.72 Å². The Hall–Kier alpha value is -1.31. The smallest absolute Gasteiger partial charge is 0.263 e. The molecule has 0 aliphatic heterocycles. The van der Waals surface area contributed by atoms with Gasteiger partial charge in [-0.25, -0.2) is 13.4 Å². The Morgan fingerprint density at radius 2 is 2.00 bits per heavy atom. The largest absolute Gasteiger partial charge is 0.384 e. The Bertz CT molecular complexity index is 704. The van der Waals surface area contributed by atoms with Gasteiger partial charge in [0, 0.05) is 15.7 Å². The van der Waals surface area contributed by atoms with E-state index in [-0.39, 0.29) is 10.7 Å². The van der Waals surface area contributed by atoms with Gasteiger partial charge in [-0.2, -0.15) is 0 Å². The standard InChI is InChI=1S/C11H9BrClN3O2S/c12-9-3-1-7(13)5-10(9)16-19(17,18)8-2-4-11(14)15-6-8/h1-6,16H,(H2,14,15). The Balaban J connectivity index is 2.36. The lowest BCUT2D eigenvalue weighted by Crippen LogP contribution is -2.13. The minimum Gasteiger partial charge on any atom is -0.384 e. The molecule has 0 unspecified atom stereocenters. The second-order valence-corrected chi connectivity index (χ2v) is 6.62. The van der Waals surface area contributed by atoms with E-state index in [0.29, 0.717) is 15.2 Å². The molecule has 1 aromatic heterocycles. The Morgan fingerprint density at radius 3 is 2.63 bits per heavy atom. The summed E-state index contributed by atoms with van der Waals surface area (Å²) in [6.07, 6.45) is 1.19. The summed E-state index contributed by atoms with van der Waals surface area (Å²) >= 11 is 9.07. The van der Waals surface area contributed by atoms with Crippen LogP contribution in [0.4, 0.5) is 11.5 Å². The van der Waals surface area contributed by atoms with E-state index in [2.05, 4.69) is 25.6 Å². The molecule has 5 nitrogen and oxygen atoms in total. The number of hydrogen-bond donors (Lipinski definition) is 2. The highest BCUT2D eigenvalue weighted by molar-refractivity contribution is 9.10. The molecule has 2 rings (SSSR count). The number of nitrogens with one attached hydrogen (secondary N) is 1. The maximum atomic E-state index is 12.1. The molecule has 0 aliphatic rings. The monoisotopic (exact) mass is 361 g/mol. The maximum absolute atomic E-state index is 12.1. The lowest BCUT2D eigenvalue weighted by atomic mass is 10.3. The average molecular weight is 363 g/mol. The first-order valence-corrected chi connectivity index (χ1v) is 7.73. The molecule has 0 saturated carbocycles. The summed E-state index contributed by atoms with van der Waals surface area (Å²) in [5.74, 6) is 0.253. The van der Waals surface area contributed by atoms with Crippen LogP contribution in [0.25, 0.3) is 0 Å². The summed E-state index contributed by atoms with van der Waals surface area (Å²) in [6.45, 7) is 0. The zero-order chi connectivity index (χ0) is 14.0. The SMILES string of the molecule is Nc1ccc(S(=O)(=O)Nc2cc(Cl)ccc2Br)cn1. The zero-order valence-corrected chi connectivity index (χ0v) is 12.6. The van der Waals surface area contributed by atoms with Crippen molar-refractivity contribution in [3.8, 4) is 0 Å². The van der Waals surface area contributed by atoms with Crippen molar-refractivity contribution in [3.05, 3.63) is 46.0 Å². The van der Waals surface area contributed by atoms with Crippen LogP contribution in [0.2, 0.25) is 5.02 Å². The van der Waals surface area contributed by atoms with Gasteiger partial charge in [0.2, 0.25) is 0 Å². The summed E-state index contributed by atoms with van der Waals surface area (Å²) < 4.78 is 27.3. The minimum absolute atomic E-state index is 0.0218. The van der Waals surface area contributed by atoms with Crippen molar-refractivity contribution in [3.63, 3.8) is 0 Å². The fraction of sp³-hybridized carbons (Fsp3) is 0. The molecular formula is C11H9BrClN3O2S. The predicted octanol–water partition coefficient (Wildman–Crippen LogP) is 2.88. The van der Waals surface area contributed by atoms with E-state index in [4.69, 9.17) is 17.3 Å². The summed E-state index contributed by atoms with van der Waals surface area (Å²) in [7, 11) is -3.73. The number of nitrogens with two attached hydrogens (primary N) is 1. The average Bonchev–Trinajstić information content (AvgIpc) is 2.34. The normalized spacial score (nSPS) is 11.3. The van der Waals surface area contributed by atoms with E-state index in [9.17, 15) is 8.42 Å². The topological polar surface area (TPSA) is 85.1 Å². The van der Waals surface area contributed by atoms with Crippen molar-refractivity contribution in [2.75, 3.05) is 10.5 Å². The van der Waals surface area contributed by atoms with Crippen molar-refractivity contribution in [2.45, 2.75) is 4.90 Å². The number of aromatic nitrogens is 1. The molecule has 0 amide bonds. The van der Waals surface area contributed by atoms with Gasteiger partial charge in [0.15, 0.2) is 0 Å². The fourth-order valence-corrected chi connectivity index (χ4v) is 2.99. The summed E-state index contributed by atoms with van der Waals surface area (Å²) in [6, 6.07) is 7.61. The van der Waals surface area contributed by atoms with E-state index >= 15 is 0 Å². The summed E-state index contributed by atoms with van der Waals surface area (Å²) in [5, 5.41) is 0.427. The van der Waals surface area contributed by atoms with Crippen LogP contribution in [-0.2, 0) is 10.0 Å². The fourth-order valence-electron chi connectivity index (χ4n) is 1.33. The van der Waals surface area contributed by atoms with Crippen LogP contribution in [-0.4, -0.2) is 13.4 Å².